The number of aromatic nitrogens is 2. The van der Waals surface area contributed by atoms with Crippen LogP contribution in [0.4, 0.5) is 5.69 Å². The molecular weight excluding hydrogens is 370 g/mol. The fourth-order valence-electron chi connectivity index (χ4n) is 3.22. The van der Waals surface area contributed by atoms with Crippen LogP contribution in [0, 0.1) is 0 Å². The van der Waals surface area contributed by atoms with Crippen molar-refractivity contribution < 1.29 is 14.3 Å². The molecule has 0 saturated heterocycles. The van der Waals surface area contributed by atoms with Gasteiger partial charge in [0.2, 0.25) is 5.91 Å². The molecule has 1 aromatic heterocycles. The summed E-state index contributed by atoms with van der Waals surface area (Å²) in [5, 5.41) is 3.10. The number of amides is 1. The summed E-state index contributed by atoms with van der Waals surface area (Å²) in [5.41, 5.74) is 1.71. The number of hydrogen-bond donors (Lipinski definition) is 1. The van der Waals surface area contributed by atoms with Gasteiger partial charge in [-0.3, -0.25) is 13.9 Å². The van der Waals surface area contributed by atoms with Crippen LogP contribution in [0.5, 0.6) is 11.5 Å². The van der Waals surface area contributed by atoms with E-state index >= 15 is 0 Å². The van der Waals surface area contributed by atoms with E-state index in [4.69, 9.17) is 21.1 Å². The average molecular weight is 388 g/mol. The van der Waals surface area contributed by atoms with Gasteiger partial charge >= 0.3 is 5.69 Å². The summed E-state index contributed by atoms with van der Waals surface area (Å²) >= 11 is 6.24. The zero-order valence-electron chi connectivity index (χ0n) is 14.7. The Hall–Kier alpha value is -2.93. The lowest BCUT2D eigenvalue weighted by molar-refractivity contribution is -0.116. The van der Waals surface area contributed by atoms with Crippen LogP contribution in [0.2, 0.25) is 5.02 Å². The molecular formula is C19H18ClN3O4. The van der Waals surface area contributed by atoms with Crippen molar-refractivity contribution in [2.24, 2.45) is 0 Å². The maximum atomic E-state index is 12.6. The third-order valence-electron chi connectivity index (χ3n) is 4.45. The zero-order chi connectivity index (χ0) is 19.0. The minimum atomic E-state index is -0.352. The van der Waals surface area contributed by atoms with Gasteiger partial charge in [0.05, 0.1) is 21.7 Å². The molecule has 1 amide bonds. The Kier molecular flexibility index (Phi) is 4.53. The summed E-state index contributed by atoms with van der Waals surface area (Å²) in [5.74, 6) is 0.724. The molecule has 1 aliphatic rings. The van der Waals surface area contributed by atoms with Crippen molar-refractivity contribution in [3.63, 3.8) is 0 Å². The minimum absolute atomic E-state index is 0.114. The number of nitrogens with one attached hydrogen (secondary N) is 1. The van der Waals surface area contributed by atoms with Crippen LogP contribution in [-0.2, 0) is 17.9 Å². The van der Waals surface area contributed by atoms with Gasteiger partial charge in [-0.2, -0.15) is 0 Å². The predicted molar refractivity (Wildman–Crippen MR) is 103 cm³/mol. The standard InChI is InChI=1S/C19H18ClN3O4/c1-2-22-14-5-3-4-6-15(14)23(19(22)25)11-18(24)21-13-10-17-16(9-12(13)20)26-7-8-27-17/h3-6,9-10H,2,7-8,11H2,1H3,(H,21,24). The van der Waals surface area contributed by atoms with Crippen LogP contribution >= 0.6 is 11.6 Å². The van der Waals surface area contributed by atoms with E-state index in [0.29, 0.717) is 47.5 Å². The van der Waals surface area contributed by atoms with Crippen molar-refractivity contribution in [1.29, 1.82) is 0 Å². The highest BCUT2D eigenvalue weighted by Crippen LogP contribution is 2.37. The lowest BCUT2D eigenvalue weighted by Crippen LogP contribution is -2.29. The second-order valence-electron chi connectivity index (χ2n) is 6.13. The molecule has 3 aromatic rings. The molecule has 2 aromatic carbocycles. The number of anilines is 1. The fraction of sp³-hybridized carbons (Fsp3) is 0.263. The average Bonchev–Trinajstić information content (AvgIpc) is 2.93. The molecule has 0 bridgehead atoms. The van der Waals surface area contributed by atoms with Crippen molar-refractivity contribution in [3.8, 4) is 11.5 Å². The van der Waals surface area contributed by atoms with Gasteiger partial charge in [0, 0.05) is 18.7 Å². The highest BCUT2D eigenvalue weighted by atomic mass is 35.5. The van der Waals surface area contributed by atoms with Gasteiger partial charge in [0.15, 0.2) is 11.5 Å². The molecule has 2 heterocycles. The van der Waals surface area contributed by atoms with Crippen LogP contribution in [0.3, 0.4) is 0 Å². The Bertz CT molecular complexity index is 1090. The Morgan fingerprint density at radius 1 is 1.11 bits per heavy atom. The maximum Gasteiger partial charge on any atom is 0.329 e. The van der Waals surface area contributed by atoms with Gasteiger partial charge in [-0.1, -0.05) is 23.7 Å². The Labute approximate surface area is 160 Å². The number of ether oxygens (including phenoxy) is 2. The van der Waals surface area contributed by atoms with Crippen molar-refractivity contribution in [3.05, 3.63) is 51.9 Å². The fourth-order valence-corrected chi connectivity index (χ4v) is 3.42. The highest BCUT2D eigenvalue weighted by molar-refractivity contribution is 6.34. The summed E-state index contributed by atoms with van der Waals surface area (Å²) in [4.78, 5) is 25.2. The Morgan fingerprint density at radius 3 is 2.41 bits per heavy atom. The first-order valence-corrected chi connectivity index (χ1v) is 9.03. The summed E-state index contributed by atoms with van der Waals surface area (Å²) in [6.45, 7) is 3.21. The lowest BCUT2D eigenvalue weighted by Gasteiger charge is -2.20. The monoisotopic (exact) mass is 387 g/mol. The summed E-state index contributed by atoms with van der Waals surface area (Å²) < 4.78 is 14.1. The molecule has 0 radical (unpaired) electrons. The lowest BCUT2D eigenvalue weighted by atomic mass is 10.2. The van der Waals surface area contributed by atoms with Gasteiger partial charge in [-0.05, 0) is 19.1 Å². The first-order chi connectivity index (χ1) is 13.1. The normalized spacial score (nSPS) is 13.0. The van der Waals surface area contributed by atoms with Crippen molar-refractivity contribution in [2.75, 3.05) is 18.5 Å². The third kappa shape index (κ3) is 3.14. The topological polar surface area (TPSA) is 74.5 Å². The molecule has 8 heteroatoms. The number of aryl methyl sites for hydroxylation is 1. The molecule has 0 spiro atoms. The number of imidazole rings is 1. The first kappa shape index (κ1) is 17.5. The van der Waals surface area contributed by atoms with Crippen molar-refractivity contribution in [2.45, 2.75) is 20.0 Å². The van der Waals surface area contributed by atoms with E-state index in [9.17, 15) is 9.59 Å². The van der Waals surface area contributed by atoms with Gasteiger partial charge in [-0.25, -0.2) is 4.79 Å². The van der Waals surface area contributed by atoms with E-state index < -0.39 is 0 Å². The van der Waals surface area contributed by atoms with Crippen molar-refractivity contribution in [1.82, 2.24) is 9.13 Å². The van der Waals surface area contributed by atoms with Crippen LogP contribution in [0.25, 0.3) is 11.0 Å². The maximum absolute atomic E-state index is 12.6. The highest BCUT2D eigenvalue weighted by Gasteiger charge is 2.18. The minimum Gasteiger partial charge on any atom is -0.486 e. The molecule has 27 heavy (non-hydrogen) atoms. The number of nitrogens with zero attached hydrogens (tertiary/aromatic N) is 2. The predicted octanol–water partition coefficient (Wildman–Crippen LogP) is 2.89. The molecule has 0 atom stereocenters. The van der Waals surface area contributed by atoms with E-state index in [1.807, 2.05) is 31.2 Å². The van der Waals surface area contributed by atoms with E-state index in [-0.39, 0.29) is 18.1 Å². The van der Waals surface area contributed by atoms with Crippen LogP contribution < -0.4 is 20.5 Å². The molecule has 0 unspecified atom stereocenters. The number of benzene rings is 2. The van der Waals surface area contributed by atoms with E-state index in [2.05, 4.69) is 5.32 Å². The number of fused-ring (bicyclic) bond motifs is 2. The van der Waals surface area contributed by atoms with Gasteiger partial charge in [0.1, 0.15) is 19.8 Å². The number of rotatable bonds is 4. The van der Waals surface area contributed by atoms with Gasteiger partial charge in [0.25, 0.3) is 0 Å². The van der Waals surface area contributed by atoms with E-state index in [1.54, 1.807) is 16.7 Å². The van der Waals surface area contributed by atoms with Crippen LogP contribution in [-0.4, -0.2) is 28.3 Å². The second kappa shape index (κ2) is 7.00. The number of hydrogen-bond acceptors (Lipinski definition) is 4. The quantitative estimate of drug-likeness (QED) is 0.747. The van der Waals surface area contributed by atoms with E-state index in [0.717, 1.165) is 5.52 Å². The largest absolute Gasteiger partial charge is 0.486 e. The second-order valence-corrected chi connectivity index (χ2v) is 6.53. The summed E-state index contributed by atoms with van der Waals surface area (Å²) in [6.07, 6.45) is 0. The number of halogens is 1. The smallest absolute Gasteiger partial charge is 0.329 e. The number of carbonyl (C=O) groups is 1. The first-order valence-electron chi connectivity index (χ1n) is 8.65. The summed E-state index contributed by atoms with van der Waals surface area (Å²) in [7, 11) is 0. The molecule has 0 saturated carbocycles. The number of para-hydroxylation sites is 2. The van der Waals surface area contributed by atoms with Crippen molar-refractivity contribution >= 4 is 34.2 Å². The molecule has 1 N–H and O–H groups in total. The van der Waals surface area contributed by atoms with Crippen LogP contribution in [0.1, 0.15) is 6.92 Å². The molecule has 4 rings (SSSR count). The molecule has 0 aliphatic carbocycles. The van der Waals surface area contributed by atoms with E-state index in [1.165, 1.54) is 4.57 Å². The third-order valence-corrected chi connectivity index (χ3v) is 4.76. The van der Waals surface area contributed by atoms with Gasteiger partial charge < -0.3 is 14.8 Å². The molecule has 1 aliphatic heterocycles. The molecule has 0 fully saturated rings. The van der Waals surface area contributed by atoms with Crippen LogP contribution in [0.15, 0.2) is 41.2 Å². The SMILES string of the molecule is CCn1c(=O)n(CC(=O)Nc2cc3c(cc2Cl)OCCO3)c2ccccc21. The zero-order valence-corrected chi connectivity index (χ0v) is 15.5. The molecule has 140 valence electrons. The summed E-state index contributed by atoms with van der Waals surface area (Å²) in [6, 6.07) is 10.6. The molecule has 7 nitrogen and oxygen atoms in total. The number of carbonyl (C=O) groups excluding carboxylic acids is 1. The Balaban J connectivity index is 1.62. The van der Waals surface area contributed by atoms with Gasteiger partial charge in [-0.15, -0.1) is 0 Å². The Morgan fingerprint density at radius 2 is 1.74 bits per heavy atom.